The molecule has 0 bridgehead atoms. The van der Waals surface area contributed by atoms with Crippen LogP contribution in [0, 0.1) is 17.6 Å². The van der Waals surface area contributed by atoms with Crippen LogP contribution in [0.2, 0.25) is 0 Å². The number of para-hydroxylation sites is 1. The van der Waals surface area contributed by atoms with Crippen LogP contribution in [-0.2, 0) is 19.1 Å². The van der Waals surface area contributed by atoms with Gasteiger partial charge in [-0.3, -0.25) is 14.5 Å². The van der Waals surface area contributed by atoms with E-state index in [9.17, 15) is 23.2 Å². The fourth-order valence-corrected chi connectivity index (χ4v) is 3.26. The van der Waals surface area contributed by atoms with Gasteiger partial charge in [0.15, 0.2) is 0 Å². The number of hydrogen-bond acceptors (Lipinski definition) is 4. The Labute approximate surface area is 165 Å². The molecular weight excluding hydrogens is 382 g/mol. The molecule has 150 valence electrons. The first-order chi connectivity index (χ1) is 13.8. The second-order valence-electron chi connectivity index (χ2n) is 6.42. The lowest BCUT2D eigenvalue weighted by atomic mass is 9.88. The van der Waals surface area contributed by atoms with Gasteiger partial charge in [-0.2, -0.15) is 0 Å². The summed E-state index contributed by atoms with van der Waals surface area (Å²) >= 11 is 0. The number of nitrogens with one attached hydrogen (secondary N) is 1. The molecular formula is C21H18F2N2O4. The summed E-state index contributed by atoms with van der Waals surface area (Å²) in [5, 5.41) is 2.42. The van der Waals surface area contributed by atoms with Gasteiger partial charge in [-0.1, -0.05) is 12.1 Å². The fourth-order valence-electron chi connectivity index (χ4n) is 3.26. The molecule has 1 atom stereocenters. The summed E-state index contributed by atoms with van der Waals surface area (Å²) in [6.45, 7) is 1.50. The Kier molecular flexibility index (Phi) is 5.72. The molecule has 2 amide bonds. The van der Waals surface area contributed by atoms with Gasteiger partial charge < -0.3 is 10.1 Å². The number of rotatable bonds is 4. The lowest BCUT2D eigenvalue weighted by Gasteiger charge is -2.33. The van der Waals surface area contributed by atoms with Crippen molar-refractivity contribution in [1.82, 2.24) is 0 Å². The first-order valence-electron chi connectivity index (χ1n) is 8.76. The van der Waals surface area contributed by atoms with Gasteiger partial charge in [0.2, 0.25) is 11.8 Å². The summed E-state index contributed by atoms with van der Waals surface area (Å²) in [6, 6.07) is 10.7. The molecule has 0 unspecified atom stereocenters. The van der Waals surface area contributed by atoms with E-state index >= 15 is 0 Å². The van der Waals surface area contributed by atoms with Crippen molar-refractivity contribution in [2.24, 2.45) is 5.92 Å². The minimum atomic E-state index is -1.16. The molecule has 0 aromatic heterocycles. The molecule has 0 saturated carbocycles. The normalized spacial score (nSPS) is 16.6. The SMILES string of the molecule is COC(=O)C1=C(C)N(c2ccc(F)cc2)C(=O)C[C@@H]1C(=O)Nc1ccccc1F. The van der Waals surface area contributed by atoms with Crippen molar-refractivity contribution in [3.05, 3.63) is 71.4 Å². The average Bonchev–Trinajstić information content (AvgIpc) is 2.70. The Balaban J connectivity index is 2.01. The van der Waals surface area contributed by atoms with E-state index in [2.05, 4.69) is 5.32 Å². The minimum Gasteiger partial charge on any atom is -0.466 e. The van der Waals surface area contributed by atoms with Crippen LogP contribution >= 0.6 is 0 Å². The standard InChI is InChI=1S/C21H18F2N2O4/c1-12-19(21(28)29-2)15(20(27)24-17-6-4-3-5-16(17)23)11-18(26)25(12)14-9-7-13(22)8-10-14/h3-10,15H,11H2,1-2H3,(H,24,27)/t15-/m0/s1. The maximum absolute atomic E-state index is 13.9. The monoisotopic (exact) mass is 400 g/mol. The number of anilines is 2. The summed E-state index contributed by atoms with van der Waals surface area (Å²) in [4.78, 5) is 39.2. The van der Waals surface area contributed by atoms with E-state index in [1.165, 1.54) is 54.3 Å². The van der Waals surface area contributed by atoms with Crippen LogP contribution in [0.1, 0.15) is 13.3 Å². The van der Waals surface area contributed by atoms with Crippen LogP contribution in [0.4, 0.5) is 20.2 Å². The van der Waals surface area contributed by atoms with Gasteiger partial charge in [-0.25, -0.2) is 13.6 Å². The van der Waals surface area contributed by atoms with E-state index in [1.807, 2.05) is 0 Å². The zero-order valence-corrected chi connectivity index (χ0v) is 15.7. The zero-order valence-electron chi connectivity index (χ0n) is 15.7. The van der Waals surface area contributed by atoms with Gasteiger partial charge in [-0.15, -0.1) is 0 Å². The van der Waals surface area contributed by atoms with E-state index < -0.39 is 35.3 Å². The highest BCUT2D eigenvalue weighted by atomic mass is 19.1. The number of ether oxygens (including phenoxy) is 1. The molecule has 1 N–H and O–H groups in total. The summed E-state index contributed by atoms with van der Waals surface area (Å²) < 4.78 is 31.9. The van der Waals surface area contributed by atoms with Crippen molar-refractivity contribution in [3.8, 4) is 0 Å². The van der Waals surface area contributed by atoms with Crippen LogP contribution in [0.3, 0.4) is 0 Å². The average molecular weight is 400 g/mol. The number of methoxy groups -OCH3 is 1. The largest absolute Gasteiger partial charge is 0.466 e. The van der Waals surface area contributed by atoms with E-state index in [0.717, 1.165) is 7.11 Å². The van der Waals surface area contributed by atoms with E-state index in [0.29, 0.717) is 5.69 Å². The van der Waals surface area contributed by atoms with Crippen molar-refractivity contribution in [2.75, 3.05) is 17.3 Å². The molecule has 1 aliphatic rings. The number of carbonyl (C=O) groups is 3. The molecule has 1 heterocycles. The Bertz CT molecular complexity index is 1000. The Morgan fingerprint density at radius 3 is 2.38 bits per heavy atom. The number of esters is 1. The van der Waals surface area contributed by atoms with Crippen LogP contribution in [0.25, 0.3) is 0 Å². The third-order valence-corrected chi connectivity index (χ3v) is 4.64. The quantitative estimate of drug-likeness (QED) is 0.799. The first kappa shape index (κ1) is 20.2. The molecule has 2 aromatic carbocycles. The molecule has 0 saturated heterocycles. The van der Waals surface area contributed by atoms with Crippen LogP contribution in [-0.4, -0.2) is 24.9 Å². The predicted molar refractivity (Wildman–Crippen MR) is 102 cm³/mol. The Morgan fingerprint density at radius 2 is 1.76 bits per heavy atom. The summed E-state index contributed by atoms with van der Waals surface area (Å²) in [6.07, 6.45) is -0.334. The van der Waals surface area contributed by atoms with Gasteiger partial charge >= 0.3 is 5.97 Å². The van der Waals surface area contributed by atoms with Crippen LogP contribution in [0.15, 0.2) is 59.8 Å². The minimum absolute atomic E-state index is 0.0229. The van der Waals surface area contributed by atoms with Crippen molar-refractivity contribution in [1.29, 1.82) is 0 Å². The van der Waals surface area contributed by atoms with Crippen molar-refractivity contribution in [2.45, 2.75) is 13.3 Å². The highest BCUT2D eigenvalue weighted by Gasteiger charge is 2.40. The third-order valence-electron chi connectivity index (χ3n) is 4.64. The molecule has 29 heavy (non-hydrogen) atoms. The van der Waals surface area contributed by atoms with Crippen molar-refractivity contribution in [3.63, 3.8) is 0 Å². The molecule has 2 aromatic rings. The summed E-state index contributed by atoms with van der Waals surface area (Å²) in [7, 11) is 1.16. The third kappa shape index (κ3) is 4.01. The second-order valence-corrected chi connectivity index (χ2v) is 6.42. The summed E-state index contributed by atoms with van der Waals surface area (Å²) in [5.74, 6) is -4.23. The van der Waals surface area contributed by atoms with Gasteiger partial charge in [0, 0.05) is 17.8 Å². The van der Waals surface area contributed by atoms with Crippen LogP contribution in [0.5, 0.6) is 0 Å². The topological polar surface area (TPSA) is 75.7 Å². The molecule has 0 radical (unpaired) electrons. The highest BCUT2D eigenvalue weighted by molar-refractivity contribution is 6.10. The van der Waals surface area contributed by atoms with Gasteiger partial charge in [-0.05, 0) is 43.3 Å². The maximum atomic E-state index is 13.9. The lowest BCUT2D eigenvalue weighted by Crippen LogP contribution is -2.43. The molecule has 0 aliphatic carbocycles. The number of halogens is 2. The molecule has 8 heteroatoms. The van der Waals surface area contributed by atoms with E-state index in [4.69, 9.17) is 4.74 Å². The van der Waals surface area contributed by atoms with E-state index in [-0.39, 0.29) is 23.4 Å². The number of nitrogens with zero attached hydrogens (tertiary/aromatic N) is 1. The molecule has 3 rings (SSSR count). The molecule has 0 spiro atoms. The lowest BCUT2D eigenvalue weighted by molar-refractivity contribution is -0.138. The molecule has 1 aliphatic heterocycles. The smallest absolute Gasteiger partial charge is 0.336 e. The van der Waals surface area contributed by atoms with E-state index in [1.54, 1.807) is 6.07 Å². The predicted octanol–water partition coefficient (Wildman–Crippen LogP) is 3.40. The highest BCUT2D eigenvalue weighted by Crippen LogP contribution is 2.34. The number of benzene rings is 2. The number of allylic oxidation sites excluding steroid dienone is 1. The molecule has 0 fully saturated rings. The molecule has 6 nitrogen and oxygen atoms in total. The number of amides is 2. The Morgan fingerprint density at radius 1 is 1.10 bits per heavy atom. The second kappa shape index (κ2) is 8.22. The summed E-state index contributed by atoms with van der Waals surface area (Å²) in [5.41, 5.74) is 0.453. The van der Waals surface area contributed by atoms with Crippen molar-refractivity contribution < 1.29 is 27.9 Å². The van der Waals surface area contributed by atoms with Gasteiger partial charge in [0.05, 0.1) is 24.3 Å². The van der Waals surface area contributed by atoms with Gasteiger partial charge in [0.1, 0.15) is 11.6 Å². The number of hydrogen-bond donors (Lipinski definition) is 1. The van der Waals surface area contributed by atoms with Gasteiger partial charge in [0.25, 0.3) is 0 Å². The zero-order chi connectivity index (χ0) is 21.1. The first-order valence-corrected chi connectivity index (χ1v) is 8.76. The maximum Gasteiger partial charge on any atom is 0.336 e. The van der Waals surface area contributed by atoms with Crippen LogP contribution < -0.4 is 10.2 Å². The fraction of sp³-hybridized carbons (Fsp3) is 0.190. The Hall–Kier alpha value is -3.55. The number of carbonyl (C=O) groups excluding carboxylic acids is 3. The van der Waals surface area contributed by atoms with Crippen molar-refractivity contribution >= 4 is 29.2 Å².